The predicted molar refractivity (Wildman–Crippen MR) is 124 cm³/mol. The quantitative estimate of drug-likeness (QED) is 0.315. The van der Waals surface area contributed by atoms with Crippen LogP contribution in [0.1, 0.15) is 16.1 Å². The van der Waals surface area contributed by atoms with E-state index in [1.54, 1.807) is 33.3 Å². The number of rotatable bonds is 7. The Balaban J connectivity index is 1.62. The summed E-state index contributed by atoms with van der Waals surface area (Å²) in [5, 5.41) is 20.6. The molecular formula is C22H19N5O5S. The maximum atomic E-state index is 12.7. The van der Waals surface area contributed by atoms with E-state index in [4.69, 9.17) is 9.47 Å². The van der Waals surface area contributed by atoms with Gasteiger partial charge in [0.05, 0.1) is 30.5 Å². The van der Waals surface area contributed by atoms with Crippen molar-refractivity contribution in [2.24, 2.45) is 0 Å². The molecule has 2 aromatic heterocycles. The molecule has 4 rings (SSSR count). The van der Waals surface area contributed by atoms with Crippen molar-refractivity contribution in [3.63, 3.8) is 0 Å². The zero-order chi connectivity index (χ0) is 23.5. The number of carbonyl (C=O) groups excluding carboxylic acids is 1. The lowest BCUT2D eigenvalue weighted by Crippen LogP contribution is -2.15. The fraction of sp³-hybridized carbons (Fsp3) is 0.136. The summed E-state index contributed by atoms with van der Waals surface area (Å²) in [6, 6.07) is 12.7. The van der Waals surface area contributed by atoms with Gasteiger partial charge in [0.15, 0.2) is 11.5 Å². The average Bonchev–Trinajstić information content (AvgIpc) is 3.45. The number of ether oxygens (including phenoxy) is 2. The van der Waals surface area contributed by atoms with Crippen molar-refractivity contribution in [2.75, 3.05) is 19.5 Å². The lowest BCUT2D eigenvalue weighted by molar-refractivity contribution is -0.384. The van der Waals surface area contributed by atoms with Gasteiger partial charge in [-0.05, 0) is 31.2 Å². The van der Waals surface area contributed by atoms with Crippen LogP contribution in [0.25, 0.3) is 16.4 Å². The molecule has 11 heteroatoms. The number of benzene rings is 2. The van der Waals surface area contributed by atoms with E-state index >= 15 is 0 Å². The van der Waals surface area contributed by atoms with Gasteiger partial charge in [0.25, 0.3) is 11.6 Å². The number of amides is 1. The second-order valence-electron chi connectivity index (χ2n) is 6.93. The van der Waals surface area contributed by atoms with Gasteiger partial charge in [-0.15, -0.1) is 11.3 Å². The van der Waals surface area contributed by atoms with E-state index in [0.717, 1.165) is 5.56 Å². The first-order chi connectivity index (χ1) is 15.9. The molecule has 0 saturated heterocycles. The minimum atomic E-state index is -0.545. The Hall–Kier alpha value is -4.25. The van der Waals surface area contributed by atoms with Crippen molar-refractivity contribution in [1.29, 1.82) is 0 Å². The Morgan fingerprint density at radius 2 is 1.91 bits per heavy atom. The molecule has 1 N–H and O–H groups in total. The second kappa shape index (κ2) is 9.09. The van der Waals surface area contributed by atoms with Gasteiger partial charge in [-0.2, -0.15) is 9.78 Å². The highest BCUT2D eigenvalue weighted by Crippen LogP contribution is 2.33. The number of aromatic nitrogens is 3. The van der Waals surface area contributed by atoms with Gasteiger partial charge in [0.2, 0.25) is 5.13 Å². The Morgan fingerprint density at radius 3 is 2.64 bits per heavy atom. The average molecular weight is 465 g/mol. The molecule has 0 bridgehead atoms. The summed E-state index contributed by atoms with van der Waals surface area (Å²) >= 11 is 1.35. The van der Waals surface area contributed by atoms with E-state index in [-0.39, 0.29) is 11.3 Å². The van der Waals surface area contributed by atoms with Crippen LogP contribution in [0.2, 0.25) is 0 Å². The Labute approximate surface area is 192 Å². The molecule has 10 nitrogen and oxygen atoms in total. The molecule has 0 saturated carbocycles. The molecular weight excluding hydrogens is 446 g/mol. The van der Waals surface area contributed by atoms with Crippen molar-refractivity contribution >= 4 is 28.7 Å². The topological polar surface area (TPSA) is 121 Å². The van der Waals surface area contributed by atoms with Gasteiger partial charge < -0.3 is 14.8 Å². The highest BCUT2D eigenvalue weighted by molar-refractivity contribution is 7.12. The SMILES string of the molecule is COc1ccc(-c2csc(-n3nc(C)cc3NC(=O)c3cccc([N+](=O)[O-])c3)n2)cc1OC. The predicted octanol–water partition coefficient (Wildman–Crippen LogP) is 4.48. The smallest absolute Gasteiger partial charge is 0.270 e. The molecule has 33 heavy (non-hydrogen) atoms. The standard InChI is InChI=1S/C22H19N5O5S/c1-13-9-20(24-21(28)15-5-4-6-16(10-15)27(29)30)26(25-13)22-23-17(12-33-22)14-7-8-18(31-2)19(11-14)32-3/h4-12H,1-3H3,(H,24,28). The van der Waals surface area contributed by atoms with E-state index in [0.29, 0.717) is 33.8 Å². The fourth-order valence-corrected chi connectivity index (χ4v) is 3.97. The molecule has 2 aromatic carbocycles. The number of carbonyl (C=O) groups is 1. The molecule has 0 aliphatic rings. The van der Waals surface area contributed by atoms with Crippen LogP contribution in [0.5, 0.6) is 11.5 Å². The Bertz CT molecular complexity index is 1350. The molecule has 168 valence electrons. The summed E-state index contributed by atoms with van der Waals surface area (Å²) in [6.45, 7) is 1.79. The van der Waals surface area contributed by atoms with Gasteiger partial charge in [0.1, 0.15) is 5.82 Å². The third-order valence-electron chi connectivity index (χ3n) is 4.74. The van der Waals surface area contributed by atoms with Crippen molar-refractivity contribution < 1.29 is 19.2 Å². The lowest BCUT2D eigenvalue weighted by Gasteiger charge is -2.08. The Morgan fingerprint density at radius 1 is 1.12 bits per heavy atom. The molecule has 0 aliphatic carbocycles. The molecule has 2 heterocycles. The number of aryl methyl sites for hydroxylation is 1. The number of non-ortho nitro benzene ring substituents is 1. The van der Waals surface area contributed by atoms with Crippen LogP contribution in [-0.2, 0) is 0 Å². The summed E-state index contributed by atoms with van der Waals surface area (Å²) < 4.78 is 12.2. The largest absolute Gasteiger partial charge is 0.493 e. The van der Waals surface area contributed by atoms with E-state index in [9.17, 15) is 14.9 Å². The first-order valence-electron chi connectivity index (χ1n) is 9.70. The number of nitro groups is 1. The number of hydrogen-bond acceptors (Lipinski definition) is 8. The highest BCUT2D eigenvalue weighted by atomic mass is 32.1. The summed E-state index contributed by atoms with van der Waals surface area (Å²) in [5.74, 6) is 1.11. The van der Waals surface area contributed by atoms with Crippen LogP contribution in [0, 0.1) is 17.0 Å². The van der Waals surface area contributed by atoms with E-state index in [2.05, 4.69) is 15.4 Å². The van der Waals surface area contributed by atoms with E-state index in [1.165, 1.54) is 40.3 Å². The number of thiazole rings is 1. The molecule has 4 aromatic rings. The minimum absolute atomic E-state index is 0.160. The summed E-state index contributed by atoms with van der Waals surface area (Å²) in [4.78, 5) is 27.8. The van der Waals surface area contributed by atoms with Crippen molar-refractivity contribution in [3.8, 4) is 27.9 Å². The molecule has 0 fully saturated rings. The number of nitrogens with zero attached hydrogens (tertiary/aromatic N) is 4. The monoisotopic (exact) mass is 465 g/mol. The molecule has 0 radical (unpaired) electrons. The molecule has 0 spiro atoms. The van der Waals surface area contributed by atoms with Gasteiger partial charge >= 0.3 is 0 Å². The second-order valence-corrected chi connectivity index (χ2v) is 7.77. The highest BCUT2D eigenvalue weighted by Gasteiger charge is 2.17. The van der Waals surface area contributed by atoms with Crippen LogP contribution >= 0.6 is 11.3 Å². The third kappa shape index (κ3) is 4.53. The Kier molecular flexibility index (Phi) is 6.05. The summed E-state index contributed by atoms with van der Waals surface area (Å²) in [6.07, 6.45) is 0. The molecule has 0 atom stereocenters. The first-order valence-corrected chi connectivity index (χ1v) is 10.6. The maximum Gasteiger partial charge on any atom is 0.270 e. The van der Waals surface area contributed by atoms with Crippen LogP contribution in [0.3, 0.4) is 0 Å². The zero-order valence-corrected chi connectivity index (χ0v) is 18.8. The fourth-order valence-electron chi connectivity index (χ4n) is 3.17. The van der Waals surface area contributed by atoms with Gasteiger partial charge in [-0.1, -0.05) is 6.07 Å². The van der Waals surface area contributed by atoms with Crippen LogP contribution in [-0.4, -0.2) is 39.8 Å². The first kappa shape index (κ1) is 22.0. The van der Waals surface area contributed by atoms with E-state index in [1.807, 2.05) is 17.5 Å². The molecule has 0 unspecified atom stereocenters. The number of nitro benzene ring substituents is 1. The summed E-state index contributed by atoms with van der Waals surface area (Å²) in [7, 11) is 3.14. The minimum Gasteiger partial charge on any atom is -0.493 e. The van der Waals surface area contributed by atoms with Gasteiger partial charge in [0, 0.05) is 34.7 Å². The van der Waals surface area contributed by atoms with E-state index < -0.39 is 10.8 Å². The number of hydrogen-bond donors (Lipinski definition) is 1. The van der Waals surface area contributed by atoms with Crippen LogP contribution < -0.4 is 14.8 Å². The molecule has 0 aliphatic heterocycles. The van der Waals surface area contributed by atoms with Gasteiger partial charge in [-0.25, -0.2) is 4.98 Å². The normalized spacial score (nSPS) is 10.6. The lowest BCUT2D eigenvalue weighted by atomic mass is 10.1. The van der Waals surface area contributed by atoms with Gasteiger partial charge in [-0.3, -0.25) is 14.9 Å². The van der Waals surface area contributed by atoms with Crippen molar-refractivity contribution in [1.82, 2.24) is 14.8 Å². The number of anilines is 1. The zero-order valence-electron chi connectivity index (χ0n) is 17.9. The number of methoxy groups -OCH3 is 2. The van der Waals surface area contributed by atoms with Crippen molar-refractivity contribution in [2.45, 2.75) is 6.92 Å². The number of nitrogens with one attached hydrogen (secondary N) is 1. The third-order valence-corrected chi connectivity index (χ3v) is 5.56. The van der Waals surface area contributed by atoms with Crippen molar-refractivity contribution in [3.05, 3.63) is 75.3 Å². The summed E-state index contributed by atoms with van der Waals surface area (Å²) in [5.41, 5.74) is 2.22. The van der Waals surface area contributed by atoms with Crippen LogP contribution in [0.4, 0.5) is 11.5 Å². The maximum absolute atomic E-state index is 12.7. The van der Waals surface area contributed by atoms with Crippen LogP contribution in [0.15, 0.2) is 53.9 Å². The molecule has 1 amide bonds.